The lowest BCUT2D eigenvalue weighted by atomic mass is 10.0. The molecule has 2 heterocycles. The zero-order valence-electron chi connectivity index (χ0n) is 12.4. The van der Waals surface area contributed by atoms with Gasteiger partial charge in [-0.1, -0.05) is 18.2 Å². The van der Waals surface area contributed by atoms with Gasteiger partial charge in [-0.05, 0) is 36.1 Å². The highest BCUT2D eigenvalue weighted by Gasteiger charge is 2.24. The Morgan fingerprint density at radius 3 is 2.81 bits per heavy atom. The van der Waals surface area contributed by atoms with Crippen LogP contribution in [-0.4, -0.2) is 37.7 Å². The summed E-state index contributed by atoms with van der Waals surface area (Å²) in [5.74, 6) is 0.965. The molecule has 1 atom stereocenters. The van der Waals surface area contributed by atoms with Gasteiger partial charge in [0.1, 0.15) is 5.75 Å². The molecule has 2 aromatic rings. The van der Waals surface area contributed by atoms with E-state index in [-0.39, 0.29) is 0 Å². The average Bonchev–Trinajstić information content (AvgIpc) is 3.03. The molecule has 1 fully saturated rings. The quantitative estimate of drug-likeness (QED) is 0.918. The fourth-order valence-electron chi connectivity index (χ4n) is 2.88. The van der Waals surface area contributed by atoms with Crippen LogP contribution in [0.5, 0.6) is 5.75 Å². The maximum absolute atomic E-state index is 5.67. The van der Waals surface area contributed by atoms with Crippen molar-refractivity contribution >= 4 is 11.3 Å². The van der Waals surface area contributed by atoms with E-state index in [4.69, 9.17) is 4.74 Å². The van der Waals surface area contributed by atoms with Gasteiger partial charge >= 0.3 is 0 Å². The van der Waals surface area contributed by atoms with Crippen molar-refractivity contribution in [1.29, 1.82) is 0 Å². The summed E-state index contributed by atoms with van der Waals surface area (Å²) in [4.78, 5) is 3.97. The molecular formula is C17H22N2OS. The van der Waals surface area contributed by atoms with Crippen LogP contribution in [-0.2, 0) is 0 Å². The van der Waals surface area contributed by atoms with Gasteiger partial charge in [-0.2, -0.15) is 0 Å². The van der Waals surface area contributed by atoms with Crippen molar-refractivity contribution in [2.45, 2.75) is 13.0 Å². The fraction of sp³-hybridized carbons (Fsp3) is 0.412. The number of hydrogen-bond acceptors (Lipinski definition) is 4. The van der Waals surface area contributed by atoms with Gasteiger partial charge in [-0.15, -0.1) is 11.3 Å². The first-order valence-electron chi connectivity index (χ1n) is 7.59. The minimum Gasteiger partial charge on any atom is -0.494 e. The SMILES string of the molecule is CCOc1cccc([C@H](c2cccs2)N2CCNCC2)c1. The van der Waals surface area contributed by atoms with E-state index in [1.165, 1.54) is 10.4 Å². The summed E-state index contributed by atoms with van der Waals surface area (Å²) < 4.78 is 5.67. The molecule has 112 valence electrons. The maximum atomic E-state index is 5.67. The molecule has 0 amide bonds. The number of thiophene rings is 1. The molecule has 3 rings (SSSR count). The van der Waals surface area contributed by atoms with E-state index in [1.54, 1.807) is 0 Å². The van der Waals surface area contributed by atoms with Crippen LogP contribution >= 0.6 is 11.3 Å². The molecule has 1 aromatic carbocycles. The Hall–Kier alpha value is -1.36. The number of nitrogens with one attached hydrogen (secondary N) is 1. The Labute approximate surface area is 130 Å². The Bertz CT molecular complexity index is 550. The monoisotopic (exact) mass is 302 g/mol. The van der Waals surface area contributed by atoms with Crippen LogP contribution in [0.25, 0.3) is 0 Å². The molecule has 1 N–H and O–H groups in total. The fourth-order valence-corrected chi connectivity index (χ4v) is 3.77. The molecule has 21 heavy (non-hydrogen) atoms. The van der Waals surface area contributed by atoms with Crippen LogP contribution in [0.1, 0.15) is 23.4 Å². The van der Waals surface area contributed by atoms with Gasteiger partial charge in [0, 0.05) is 31.1 Å². The normalized spacial score (nSPS) is 17.6. The van der Waals surface area contributed by atoms with Crippen LogP contribution in [0.3, 0.4) is 0 Å². The van der Waals surface area contributed by atoms with E-state index >= 15 is 0 Å². The lowest BCUT2D eigenvalue weighted by Crippen LogP contribution is -2.45. The summed E-state index contributed by atoms with van der Waals surface area (Å²) in [6.45, 7) is 7.03. The van der Waals surface area contributed by atoms with Crippen LogP contribution < -0.4 is 10.1 Å². The van der Waals surface area contributed by atoms with Crippen molar-refractivity contribution in [2.24, 2.45) is 0 Å². The maximum Gasteiger partial charge on any atom is 0.119 e. The molecular weight excluding hydrogens is 280 g/mol. The van der Waals surface area contributed by atoms with E-state index in [1.807, 2.05) is 24.3 Å². The number of rotatable bonds is 5. The molecule has 0 unspecified atom stereocenters. The molecule has 3 nitrogen and oxygen atoms in total. The van der Waals surface area contributed by atoms with Crippen LogP contribution in [0.4, 0.5) is 0 Å². The standard InChI is InChI=1S/C17H22N2OS/c1-2-20-15-6-3-5-14(13-15)17(16-7-4-12-21-16)19-10-8-18-9-11-19/h3-7,12-13,17-18H,2,8-11H2,1H3/t17-/m1/s1. The third-order valence-electron chi connectivity index (χ3n) is 3.81. The molecule has 0 saturated carbocycles. The molecule has 0 bridgehead atoms. The molecule has 0 radical (unpaired) electrons. The van der Waals surface area contributed by atoms with Gasteiger partial charge in [0.2, 0.25) is 0 Å². The first-order valence-corrected chi connectivity index (χ1v) is 8.47. The van der Waals surface area contributed by atoms with Gasteiger partial charge in [-0.3, -0.25) is 4.90 Å². The minimum absolute atomic E-state index is 0.340. The Kier molecular flexibility index (Phi) is 4.91. The van der Waals surface area contributed by atoms with E-state index in [0.717, 1.165) is 31.9 Å². The third kappa shape index (κ3) is 3.46. The number of nitrogens with zero attached hydrogens (tertiary/aromatic N) is 1. The summed E-state index contributed by atoms with van der Waals surface area (Å²) in [5.41, 5.74) is 1.32. The lowest BCUT2D eigenvalue weighted by molar-refractivity contribution is 0.200. The zero-order valence-corrected chi connectivity index (χ0v) is 13.2. The first-order chi connectivity index (χ1) is 10.4. The second kappa shape index (κ2) is 7.07. The Morgan fingerprint density at radius 1 is 1.24 bits per heavy atom. The van der Waals surface area contributed by atoms with Crippen molar-refractivity contribution in [3.05, 3.63) is 52.2 Å². The summed E-state index contributed by atoms with van der Waals surface area (Å²) >= 11 is 1.84. The summed E-state index contributed by atoms with van der Waals surface area (Å²) in [5, 5.41) is 5.60. The Balaban J connectivity index is 1.92. The summed E-state index contributed by atoms with van der Waals surface area (Å²) in [6.07, 6.45) is 0. The van der Waals surface area contributed by atoms with Crippen LogP contribution in [0, 0.1) is 0 Å². The van der Waals surface area contributed by atoms with Crippen molar-refractivity contribution in [1.82, 2.24) is 10.2 Å². The van der Waals surface area contributed by atoms with E-state index in [2.05, 4.69) is 45.9 Å². The number of ether oxygens (including phenoxy) is 1. The summed E-state index contributed by atoms with van der Waals surface area (Å²) in [6, 6.07) is 13.3. The van der Waals surface area contributed by atoms with Crippen LogP contribution in [0.2, 0.25) is 0 Å². The van der Waals surface area contributed by atoms with Gasteiger partial charge in [0.25, 0.3) is 0 Å². The predicted molar refractivity (Wildman–Crippen MR) is 88.2 cm³/mol. The molecule has 1 aromatic heterocycles. The summed E-state index contributed by atoms with van der Waals surface area (Å²) in [7, 11) is 0. The molecule has 1 aliphatic rings. The molecule has 1 saturated heterocycles. The second-order valence-electron chi connectivity index (χ2n) is 5.21. The molecule has 0 aliphatic carbocycles. The average molecular weight is 302 g/mol. The molecule has 1 aliphatic heterocycles. The van der Waals surface area contributed by atoms with E-state index in [0.29, 0.717) is 12.6 Å². The third-order valence-corrected chi connectivity index (χ3v) is 4.74. The van der Waals surface area contributed by atoms with Gasteiger partial charge in [0.05, 0.1) is 12.6 Å². The molecule has 4 heteroatoms. The number of benzene rings is 1. The van der Waals surface area contributed by atoms with Gasteiger partial charge in [-0.25, -0.2) is 0 Å². The van der Waals surface area contributed by atoms with Gasteiger partial charge < -0.3 is 10.1 Å². The molecule has 0 spiro atoms. The van der Waals surface area contributed by atoms with Crippen molar-refractivity contribution < 1.29 is 4.74 Å². The number of hydrogen-bond donors (Lipinski definition) is 1. The van der Waals surface area contributed by atoms with Crippen molar-refractivity contribution in [3.8, 4) is 5.75 Å². The largest absolute Gasteiger partial charge is 0.494 e. The van der Waals surface area contributed by atoms with Crippen molar-refractivity contribution in [3.63, 3.8) is 0 Å². The van der Waals surface area contributed by atoms with Crippen LogP contribution in [0.15, 0.2) is 41.8 Å². The van der Waals surface area contributed by atoms with E-state index < -0.39 is 0 Å². The zero-order chi connectivity index (χ0) is 14.5. The highest BCUT2D eigenvalue weighted by molar-refractivity contribution is 7.10. The second-order valence-corrected chi connectivity index (χ2v) is 6.19. The van der Waals surface area contributed by atoms with E-state index in [9.17, 15) is 0 Å². The lowest BCUT2D eigenvalue weighted by Gasteiger charge is -2.34. The van der Waals surface area contributed by atoms with Crippen molar-refractivity contribution in [2.75, 3.05) is 32.8 Å². The highest BCUT2D eigenvalue weighted by atomic mass is 32.1. The topological polar surface area (TPSA) is 24.5 Å². The number of piperazine rings is 1. The Morgan fingerprint density at radius 2 is 2.10 bits per heavy atom. The minimum atomic E-state index is 0.340. The first kappa shape index (κ1) is 14.6. The predicted octanol–water partition coefficient (Wildman–Crippen LogP) is 3.14. The smallest absolute Gasteiger partial charge is 0.119 e. The van der Waals surface area contributed by atoms with Gasteiger partial charge in [0.15, 0.2) is 0 Å². The highest BCUT2D eigenvalue weighted by Crippen LogP contribution is 2.33.